The zero-order chi connectivity index (χ0) is 13.0. The first-order valence-corrected chi connectivity index (χ1v) is 7.72. The molecule has 3 nitrogen and oxygen atoms in total. The van der Waals surface area contributed by atoms with E-state index in [0.29, 0.717) is 6.04 Å². The first-order chi connectivity index (χ1) is 8.68. The summed E-state index contributed by atoms with van der Waals surface area (Å²) in [5.74, 6) is 1.69. The molecule has 0 aromatic rings. The van der Waals surface area contributed by atoms with Gasteiger partial charge in [0, 0.05) is 12.6 Å². The summed E-state index contributed by atoms with van der Waals surface area (Å²) in [6, 6.07) is 0.601. The summed E-state index contributed by atoms with van der Waals surface area (Å²) in [4.78, 5) is 12.0. The Balaban J connectivity index is 1.94. The zero-order valence-electron chi connectivity index (χ0n) is 11.9. The van der Waals surface area contributed by atoms with E-state index in [-0.39, 0.29) is 11.9 Å². The van der Waals surface area contributed by atoms with Crippen LogP contribution < -0.4 is 10.6 Å². The quantitative estimate of drug-likeness (QED) is 0.810. The highest BCUT2D eigenvalue weighted by molar-refractivity contribution is 5.81. The van der Waals surface area contributed by atoms with Gasteiger partial charge < -0.3 is 10.6 Å². The summed E-state index contributed by atoms with van der Waals surface area (Å²) in [7, 11) is 0. The number of hydrogen-bond acceptors (Lipinski definition) is 2. The fourth-order valence-electron chi connectivity index (χ4n) is 3.52. The van der Waals surface area contributed by atoms with Crippen LogP contribution in [0.25, 0.3) is 0 Å². The van der Waals surface area contributed by atoms with Crippen molar-refractivity contribution in [3.8, 4) is 0 Å². The van der Waals surface area contributed by atoms with E-state index in [0.717, 1.165) is 37.6 Å². The molecule has 3 unspecified atom stereocenters. The summed E-state index contributed by atoms with van der Waals surface area (Å²) in [6.45, 7) is 5.49. The average molecular weight is 252 g/mol. The fourth-order valence-corrected chi connectivity index (χ4v) is 3.52. The van der Waals surface area contributed by atoms with Crippen molar-refractivity contribution in [3.05, 3.63) is 0 Å². The summed E-state index contributed by atoms with van der Waals surface area (Å²) in [5, 5.41) is 6.69. The lowest BCUT2D eigenvalue weighted by Gasteiger charge is -2.37. The maximum Gasteiger partial charge on any atom is 0.237 e. The highest BCUT2D eigenvalue weighted by Gasteiger charge is 2.31. The highest BCUT2D eigenvalue weighted by atomic mass is 16.2. The van der Waals surface area contributed by atoms with Crippen LogP contribution in [0.3, 0.4) is 0 Å². The Bertz CT molecular complexity index is 278. The maximum atomic E-state index is 12.0. The lowest BCUT2D eigenvalue weighted by Crippen LogP contribution is -2.51. The SMILES string of the molecule is CC(C)C1CCCCC1NC1CCCCNC1=O. The van der Waals surface area contributed by atoms with E-state index in [1.165, 1.54) is 25.7 Å². The summed E-state index contributed by atoms with van der Waals surface area (Å²) >= 11 is 0. The second kappa shape index (κ2) is 6.55. The third-order valence-electron chi connectivity index (χ3n) is 4.63. The maximum absolute atomic E-state index is 12.0. The van der Waals surface area contributed by atoms with Gasteiger partial charge in [-0.2, -0.15) is 0 Å². The highest BCUT2D eigenvalue weighted by Crippen LogP contribution is 2.30. The van der Waals surface area contributed by atoms with E-state index >= 15 is 0 Å². The van der Waals surface area contributed by atoms with E-state index in [2.05, 4.69) is 24.5 Å². The molecule has 104 valence electrons. The predicted octanol–water partition coefficient (Wildman–Crippen LogP) is 2.46. The first kappa shape index (κ1) is 13.9. The van der Waals surface area contributed by atoms with Gasteiger partial charge in [-0.15, -0.1) is 0 Å². The van der Waals surface area contributed by atoms with Gasteiger partial charge in [-0.3, -0.25) is 4.79 Å². The van der Waals surface area contributed by atoms with Crippen LogP contribution in [0, 0.1) is 11.8 Å². The van der Waals surface area contributed by atoms with Crippen LogP contribution in [0.5, 0.6) is 0 Å². The largest absolute Gasteiger partial charge is 0.355 e. The van der Waals surface area contributed by atoms with Crippen molar-refractivity contribution < 1.29 is 4.79 Å². The molecule has 18 heavy (non-hydrogen) atoms. The molecule has 1 heterocycles. The van der Waals surface area contributed by atoms with Crippen molar-refractivity contribution >= 4 is 5.91 Å². The molecular formula is C15H28N2O. The number of carbonyl (C=O) groups is 1. The molecule has 0 radical (unpaired) electrons. The molecule has 2 aliphatic rings. The number of hydrogen-bond donors (Lipinski definition) is 2. The van der Waals surface area contributed by atoms with Crippen LogP contribution in [-0.2, 0) is 4.79 Å². The Morgan fingerprint density at radius 3 is 2.61 bits per heavy atom. The molecule has 3 heteroatoms. The molecule has 1 amide bonds. The second-order valence-electron chi connectivity index (χ2n) is 6.30. The molecule has 0 bridgehead atoms. The number of nitrogens with one attached hydrogen (secondary N) is 2. The van der Waals surface area contributed by atoms with Crippen LogP contribution in [0.2, 0.25) is 0 Å². The average Bonchev–Trinajstić information content (AvgIpc) is 2.55. The van der Waals surface area contributed by atoms with Gasteiger partial charge in [0.25, 0.3) is 0 Å². The van der Waals surface area contributed by atoms with Gasteiger partial charge in [-0.05, 0) is 43.9 Å². The molecular weight excluding hydrogens is 224 g/mol. The van der Waals surface area contributed by atoms with Gasteiger partial charge in [0.15, 0.2) is 0 Å². The Morgan fingerprint density at radius 1 is 1.11 bits per heavy atom. The fraction of sp³-hybridized carbons (Fsp3) is 0.933. The van der Waals surface area contributed by atoms with E-state index < -0.39 is 0 Å². The Hall–Kier alpha value is -0.570. The van der Waals surface area contributed by atoms with Crippen molar-refractivity contribution in [1.82, 2.24) is 10.6 Å². The van der Waals surface area contributed by atoms with Gasteiger partial charge in [-0.25, -0.2) is 0 Å². The molecule has 0 aromatic carbocycles. The van der Waals surface area contributed by atoms with E-state index in [9.17, 15) is 4.79 Å². The van der Waals surface area contributed by atoms with E-state index in [1.54, 1.807) is 0 Å². The number of carbonyl (C=O) groups excluding carboxylic acids is 1. The minimum absolute atomic E-state index is 0.0526. The van der Waals surface area contributed by atoms with Crippen LogP contribution in [0.15, 0.2) is 0 Å². The molecule has 3 atom stereocenters. The molecule has 1 aliphatic heterocycles. The Kier molecular flexibility index (Phi) is 5.04. The van der Waals surface area contributed by atoms with Crippen LogP contribution >= 0.6 is 0 Å². The van der Waals surface area contributed by atoms with Crippen LogP contribution in [0.1, 0.15) is 58.8 Å². The molecule has 2 rings (SSSR count). The Morgan fingerprint density at radius 2 is 1.83 bits per heavy atom. The van der Waals surface area contributed by atoms with Crippen LogP contribution in [0.4, 0.5) is 0 Å². The first-order valence-electron chi connectivity index (χ1n) is 7.72. The summed E-state index contributed by atoms with van der Waals surface area (Å²) < 4.78 is 0. The molecule has 0 spiro atoms. The summed E-state index contributed by atoms with van der Waals surface area (Å²) in [6.07, 6.45) is 8.54. The molecule has 0 aromatic heterocycles. The van der Waals surface area contributed by atoms with E-state index in [1.807, 2.05) is 0 Å². The van der Waals surface area contributed by atoms with E-state index in [4.69, 9.17) is 0 Å². The van der Waals surface area contributed by atoms with Gasteiger partial charge in [0.2, 0.25) is 5.91 Å². The normalized spacial score (nSPS) is 34.2. The van der Waals surface area contributed by atoms with Gasteiger partial charge >= 0.3 is 0 Å². The minimum Gasteiger partial charge on any atom is -0.355 e. The molecule has 1 saturated heterocycles. The van der Waals surface area contributed by atoms with Crippen molar-refractivity contribution in [2.45, 2.75) is 70.9 Å². The van der Waals surface area contributed by atoms with Gasteiger partial charge in [0.1, 0.15) is 0 Å². The van der Waals surface area contributed by atoms with Crippen molar-refractivity contribution in [3.63, 3.8) is 0 Å². The summed E-state index contributed by atoms with van der Waals surface area (Å²) in [5.41, 5.74) is 0. The topological polar surface area (TPSA) is 41.1 Å². The van der Waals surface area contributed by atoms with Crippen LogP contribution in [-0.4, -0.2) is 24.5 Å². The number of amides is 1. The third kappa shape index (κ3) is 3.47. The van der Waals surface area contributed by atoms with Crippen molar-refractivity contribution in [1.29, 1.82) is 0 Å². The lowest BCUT2D eigenvalue weighted by molar-refractivity contribution is -0.123. The monoisotopic (exact) mass is 252 g/mol. The molecule has 2 fully saturated rings. The standard InChI is InChI=1S/C15H28N2O/c1-11(2)12-7-3-4-8-13(12)17-14-9-5-6-10-16-15(14)18/h11-14,17H,3-10H2,1-2H3,(H,16,18). The number of rotatable bonds is 3. The molecule has 2 N–H and O–H groups in total. The second-order valence-corrected chi connectivity index (χ2v) is 6.30. The van der Waals surface area contributed by atoms with Gasteiger partial charge in [0.05, 0.1) is 6.04 Å². The Labute approximate surface area is 111 Å². The van der Waals surface area contributed by atoms with Crippen molar-refractivity contribution in [2.75, 3.05) is 6.54 Å². The minimum atomic E-state index is 0.0526. The smallest absolute Gasteiger partial charge is 0.237 e. The van der Waals surface area contributed by atoms with Gasteiger partial charge in [-0.1, -0.05) is 26.7 Å². The molecule has 1 saturated carbocycles. The zero-order valence-corrected chi connectivity index (χ0v) is 11.9. The third-order valence-corrected chi connectivity index (χ3v) is 4.63. The van der Waals surface area contributed by atoms with Crippen molar-refractivity contribution in [2.24, 2.45) is 11.8 Å². The molecule has 1 aliphatic carbocycles. The lowest BCUT2D eigenvalue weighted by atomic mass is 9.77. The predicted molar refractivity (Wildman–Crippen MR) is 74.4 cm³/mol.